The van der Waals surface area contributed by atoms with Crippen molar-refractivity contribution in [2.45, 2.75) is 26.3 Å². The summed E-state index contributed by atoms with van der Waals surface area (Å²) in [5.74, 6) is -1.01. The Morgan fingerprint density at radius 3 is 2.56 bits per heavy atom. The second-order valence-corrected chi connectivity index (χ2v) is 5.21. The van der Waals surface area contributed by atoms with Crippen LogP contribution in [-0.4, -0.2) is 47.7 Å². The summed E-state index contributed by atoms with van der Waals surface area (Å²) in [6.45, 7) is 5.00. The fourth-order valence-electron chi connectivity index (χ4n) is 2.16. The highest BCUT2D eigenvalue weighted by Crippen LogP contribution is 2.52. The van der Waals surface area contributed by atoms with Gasteiger partial charge in [-0.3, -0.25) is 4.79 Å². The van der Waals surface area contributed by atoms with Gasteiger partial charge < -0.3 is 14.7 Å². The van der Waals surface area contributed by atoms with E-state index in [-0.39, 0.29) is 23.8 Å². The van der Waals surface area contributed by atoms with E-state index in [1.807, 2.05) is 13.8 Å². The first kappa shape index (κ1) is 11.4. The Kier molecular flexibility index (Phi) is 2.66. The topological polar surface area (TPSA) is 66.8 Å². The number of hydrogen-bond donors (Lipinski definition) is 1. The second-order valence-electron chi connectivity index (χ2n) is 5.21. The zero-order chi connectivity index (χ0) is 11.9. The molecular formula is C11H17NO4. The van der Waals surface area contributed by atoms with Crippen molar-refractivity contribution in [3.63, 3.8) is 0 Å². The third-order valence-corrected chi connectivity index (χ3v) is 3.51. The molecule has 0 bridgehead atoms. The third kappa shape index (κ3) is 1.91. The first-order valence-electron chi connectivity index (χ1n) is 5.54. The SMILES string of the molecule is CC1(C)C[C@@H]1C(=O)N1CCOCC1C(=O)O. The monoisotopic (exact) mass is 227 g/mol. The van der Waals surface area contributed by atoms with E-state index >= 15 is 0 Å². The van der Waals surface area contributed by atoms with Crippen molar-refractivity contribution < 1.29 is 19.4 Å². The van der Waals surface area contributed by atoms with E-state index in [4.69, 9.17) is 9.84 Å². The molecule has 1 N–H and O–H groups in total. The van der Waals surface area contributed by atoms with Gasteiger partial charge in [0, 0.05) is 12.5 Å². The van der Waals surface area contributed by atoms with Crippen LogP contribution in [0.25, 0.3) is 0 Å². The van der Waals surface area contributed by atoms with Crippen molar-refractivity contribution in [2.75, 3.05) is 19.8 Å². The summed E-state index contributed by atoms with van der Waals surface area (Å²) in [6.07, 6.45) is 0.857. The number of ether oxygens (including phenoxy) is 1. The van der Waals surface area contributed by atoms with Gasteiger partial charge >= 0.3 is 5.97 Å². The van der Waals surface area contributed by atoms with Crippen molar-refractivity contribution >= 4 is 11.9 Å². The van der Waals surface area contributed by atoms with Gasteiger partial charge in [-0.05, 0) is 11.8 Å². The summed E-state index contributed by atoms with van der Waals surface area (Å²) in [7, 11) is 0. The Morgan fingerprint density at radius 2 is 2.06 bits per heavy atom. The summed E-state index contributed by atoms with van der Waals surface area (Å²) in [5, 5.41) is 9.02. The largest absolute Gasteiger partial charge is 0.480 e. The average molecular weight is 227 g/mol. The zero-order valence-corrected chi connectivity index (χ0v) is 9.60. The Labute approximate surface area is 94.4 Å². The van der Waals surface area contributed by atoms with E-state index in [1.165, 1.54) is 4.90 Å². The molecule has 1 aliphatic heterocycles. The minimum atomic E-state index is -0.980. The minimum absolute atomic E-state index is 0.00699. The molecule has 2 fully saturated rings. The highest BCUT2D eigenvalue weighted by Gasteiger charge is 2.53. The molecule has 1 aliphatic carbocycles. The number of aliphatic carboxylic acids is 1. The first-order chi connectivity index (χ1) is 7.43. The van der Waals surface area contributed by atoms with Crippen LogP contribution >= 0.6 is 0 Å². The van der Waals surface area contributed by atoms with Gasteiger partial charge in [0.1, 0.15) is 0 Å². The molecule has 5 heteroatoms. The van der Waals surface area contributed by atoms with E-state index in [1.54, 1.807) is 0 Å². The molecule has 1 saturated carbocycles. The van der Waals surface area contributed by atoms with Gasteiger partial charge in [0.2, 0.25) is 5.91 Å². The van der Waals surface area contributed by atoms with Crippen molar-refractivity contribution in [3.8, 4) is 0 Å². The Bertz CT molecular complexity index is 326. The molecular weight excluding hydrogens is 210 g/mol. The lowest BCUT2D eigenvalue weighted by Crippen LogP contribution is -2.53. The van der Waals surface area contributed by atoms with Gasteiger partial charge in [-0.2, -0.15) is 0 Å². The molecule has 0 radical (unpaired) electrons. The van der Waals surface area contributed by atoms with E-state index in [2.05, 4.69) is 0 Å². The molecule has 1 amide bonds. The predicted octanol–water partition coefficient (Wildman–Crippen LogP) is 0.344. The molecule has 5 nitrogen and oxygen atoms in total. The van der Waals surface area contributed by atoms with Crippen LogP contribution in [0.4, 0.5) is 0 Å². The summed E-state index contributed by atoms with van der Waals surface area (Å²) >= 11 is 0. The van der Waals surface area contributed by atoms with Crippen molar-refractivity contribution in [2.24, 2.45) is 11.3 Å². The lowest BCUT2D eigenvalue weighted by atomic mass is 10.1. The molecule has 1 heterocycles. The maximum Gasteiger partial charge on any atom is 0.328 e. The molecule has 0 aromatic carbocycles. The van der Waals surface area contributed by atoms with Crippen LogP contribution in [0, 0.1) is 11.3 Å². The van der Waals surface area contributed by atoms with Gasteiger partial charge in [-0.15, -0.1) is 0 Å². The highest BCUT2D eigenvalue weighted by atomic mass is 16.5. The number of rotatable bonds is 2. The quantitative estimate of drug-likeness (QED) is 0.739. The van der Waals surface area contributed by atoms with Crippen LogP contribution < -0.4 is 0 Å². The summed E-state index contributed by atoms with van der Waals surface area (Å²) in [6, 6.07) is -0.808. The second kappa shape index (κ2) is 3.73. The maximum absolute atomic E-state index is 12.1. The van der Waals surface area contributed by atoms with E-state index in [9.17, 15) is 9.59 Å². The lowest BCUT2D eigenvalue weighted by molar-refractivity contribution is -0.159. The molecule has 1 unspecified atom stereocenters. The predicted molar refractivity (Wildman–Crippen MR) is 55.8 cm³/mol. The number of morpholine rings is 1. The highest BCUT2D eigenvalue weighted by molar-refractivity contribution is 5.87. The lowest BCUT2D eigenvalue weighted by Gasteiger charge is -2.33. The van der Waals surface area contributed by atoms with Crippen molar-refractivity contribution in [1.29, 1.82) is 0 Å². The Hall–Kier alpha value is -1.10. The molecule has 2 aliphatic rings. The van der Waals surface area contributed by atoms with Gasteiger partial charge in [0.05, 0.1) is 13.2 Å². The molecule has 0 spiro atoms. The zero-order valence-electron chi connectivity index (χ0n) is 9.60. The summed E-state index contributed by atoms with van der Waals surface area (Å²) in [4.78, 5) is 24.6. The standard InChI is InChI=1S/C11H17NO4/c1-11(2)5-7(11)9(13)12-3-4-16-6-8(12)10(14)15/h7-8H,3-6H2,1-2H3,(H,14,15)/t7-,8?/m1/s1. The number of carboxylic acids is 1. The number of carbonyl (C=O) groups excluding carboxylic acids is 1. The molecule has 16 heavy (non-hydrogen) atoms. The first-order valence-corrected chi connectivity index (χ1v) is 5.54. The summed E-state index contributed by atoms with van der Waals surface area (Å²) in [5.41, 5.74) is 0.0401. The average Bonchev–Trinajstić information content (AvgIpc) is 2.86. The minimum Gasteiger partial charge on any atom is -0.480 e. The van der Waals surface area contributed by atoms with Crippen molar-refractivity contribution in [3.05, 3.63) is 0 Å². The maximum atomic E-state index is 12.1. The van der Waals surface area contributed by atoms with Crippen LogP contribution in [0.5, 0.6) is 0 Å². The van der Waals surface area contributed by atoms with E-state index < -0.39 is 12.0 Å². The van der Waals surface area contributed by atoms with Crippen LogP contribution in [0.3, 0.4) is 0 Å². The van der Waals surface area contributed by atoms with Crippen molar-refractivity contribution in [1.82, 2.24) is 4.90 Å². The number of hydrogen-bond acceptors (Lipinski definition) is 3. The molecule has 2 atom stereocenters. The smallest absolute Gasteiger partial charge is 0.328 e. The van der Waals surface area contributed by atoms with Crippen LogP contribution in [-0.2, 0) is 14.3 Å². The summed E-state index contributed by atoms with van der Waals surface area (Å²) < 4.78 is 5.10. The molecule has 2 rings (SSSR count). The van der Waals surface area contributed by atoms with Gasteiger partial charge in [0.25, 0.3) is 0 Å². The van der Waals surface area contributed by atoms with E-state index in [0.29, 0.717) is 13.2 Å². The Morgan fingerprint density at radius 1 is 1.44 bits per heavy atom. The molecule has 0 aromatic rings. The third-order valence-electron chi connectivity index (χ3n) is 3.51. The number of nitrogens with zero attached hydrogens (tertiary/aromatic N) is 1. The molecule has 0 aromatic heterocycles. The fraction of sp³-hybridized carbons (Fsp3) is 0.818. The molecule has 90 valence electrons. The Balaban J connectivity index is 2.06. The number of carboxylic acid groups (broad SMARTS) is 1. The number of carbonyl (C=O) groups is 2. The van der Waals surface area contributed by atoms with Crippen LogP contribution in [0.15, 0.2) is 0 Å². The molecule has 1 saturated heterocycles. The van der Waals surface area contributed by atoms with Gasteiger partial charge in [-0.1, -0.05) is 13.8 Å². The van der Waals surface area contributed by atoms with E-state index in [0.717, 1.165) is 6.42 Å². The van der Waals surface area contributed by atoms with Crippen LogP contribution in [0.2, 0.25) is 0 Å². The van der Waals surface area contributed by atoms with Gasteiger partial charge in [0.15, 0.2) is 6.04 Å². The normalized spacial score (nSPS) is 32.2. The van der Waals surface area contributed by atoms with Crippen LogP contribution in [0.1, 0.15) is 20.3 Å². The fourth-order valence-corrected chi connectivity index (χ4v) is 2.16. The van der Waals surface area contributed by atoms with Gasteiger partial charge in [-0.25, -0.2) is 4.79 Å². The number of amides is 1.